The lowest BCUT2D eigenvalue weighted by molar-refractivity contribution is 0.313. The van der Waals surface area contributed by atoms with E-state index in [-0.39, 0.29) is 11.4 Å². The summed E-state index contributed by atoms with van der Waals surface area (Å²) in [6, 6.07) is 7.96. The SMILES string of the molecule is CN1CCN(c2ccc3nc(N)c(C#N)c(Cl)c3c2)CC1. The molecule has 0 atom stereocenters. The van der Waals surface area contributed by atoms with Crippen molar-refractivity contribution in [2.45, 2.75) is 0 Å². The number of pyridine rings is 1. The number of hydrogen-bond donors (Lipinski definition) is 1. The molecule has 6 heteroatoms. The minimum atomic E-state index is 0.183. The van der Waals surface area contributed by atoms with Crippen molar-refractivity contribution in [2.75, 3.05) is 43.9 Å². The molecule has 0 bridgehead atoms. The number of nitrogen functional groups attached to an aromatic ring is 1. The average molecular weight is 302 g/mol. The average Bonchev–Trinajstić information content (AvgIpc) is 2.48. The van der Waals surface area contributed by atoms with Gasteiger partial charge in [0, 0.05) is 37.3 Å². The van der Waals surface area contributed by atoms with Gasteiger partial charge in [0.15, 0.2) is 0 Å². The maximum atomic E-state index is 9.14. The summed E-state index contributed by atoms with van der Waals surface area (Å²) in [4.78, 5) is 8.87. The second kappa shape index (κ2) is 5.40. The van der Waals surface area contributed by atoms with Crippen LogP contribution in [0.1, 0.15) is 5.56 Å². The van der Waals surface area contributed by atoms with Gasteiger partial charge < -0.3 is 15.5 Å². The summed E-state index contributed by atoms with van der Waals surface area (Å²) in [6.07, 6.45) is 0. The zero-order valence-corrected chi connectivity index (χ0v) is 12.6. The molecular weight excluding hydrogens is 286 g/mol. The molecule has 0 radical (unpaired) electrons. The van der Waals surface area contributed by atoms with Gasteiger partial charge in [-0.3, -0.25) is 0 Å². The predicted octanol–water partition coefficient (Wildman–Crippen LogP) is 2.09. The number of anilines is 2. The molecular formula is C15H16ClN5. The van der Waals surface area contributed by atoms with Crippen LogP contribution < -0.4 is 10.6 Å². The van der Waals surface area contributed by atoms with Gasteiger partial charge in [0.2, 0.25) is 0 Å². The molecule has 21 heavy (non-hydrogen) atoms. The molecule has 0 saturated carbocycles. The number of nitrogens with zero attached hydrogens (tertiary/aromatic N) is 4. The summed E-state index contributed by atoms with van der Waals surface area (Å²) in [5, 5.41) is 10.3. The number of likely N-dealkylation sites (N-methyl/N-ethyl adjacent to an activating group) is 1. The first-order chi connectivity index (χ1) is 10.1. The fourth-order valence-corrected chi connectivity index (χ4v) is 2.89. The van der Waals surface area contributed by atoms with Crippen LogP contribution in [0.5, 0.6) is 0 Å². The van der Waals surface area contributed by atoms with E-state index in [1.54, 1.807) is 0 Å². The Balaban J connectivity index is 2.05. The zero-order chi connectivity index (χ0) is 15.0. The van der Waals surface area contributed by atoms with Gasteiger partial charge in [-0.2, -0.15) is 5.26 Å². The van der Waals surface area contributed by atoms with Crippen LogP contribution in [0.25, 0.3) is 10.9 Å². The van der Waals surface area contributed by atoms with Crippen LogP contribution >= 0.6 is 11.6 Å². The van der Waals surface area contributed by atoms with Crippen molar-refractivity contribution in [3.05, 3.63) is 28.8 Å². The van der Waals surface area contributed by atoms with Crippen LogP contribution in [-0.4, -0.2) is 43.1 Å². The quantitative estimate of drug-likeness (QED) is 0.873. The standard InChI is InChI=1S/C15H16ClN5/c1-20-4-6-21(7-5-20)10-2-3-13-11(8-10)14(16)12(9-17)15(18)19-13/h2-3,8H,4-7H2,1H3,(H2,18,19). The summed E-state index contributed by atoms with van der Waals surface area (Å²) in [5.41, 5.74) is 7.83. The summed E-state index contributed by atoms with van der Waals surface area (Å²) in [5.74, 6) is 0.183. The second-order valence-electron chi connectivity index (χ2n) is 5.29. The van der Waals surface area contributed by atoms with Crippen molar-refractivity contribution in [1.29, 1.82) is 5.26 Å². The third kappa shape index (κ3) is 2.48. The van der Waals surface area contributed by atoms with E-state index >= 15 is 0 Å². The molecule has 5 nitrogen and oxygen atoms in total. The van der Waals surface area contributed by atoms with Gasteiger partial charge in [-0.1, -0.05) is 11.6 Å². The van der Waals surface area contributed by atoms with Crippen molar-refractivity contribution >= 4 is 34.0 Å². The Labute approximate surface area is 128 Å². The van der Waals surface area contributed by atoms with Crippen molar-refractivity contribution in [3.63, 3.8) is 0 Å². The first-order valence-electron chi connectivity index (χ1n) is 6.82. The van der Waals surface area contributed by atoms with Crippen molar-refractivity contribution < 1.29 is 0 Å². The summed E-state index contributed by atoms with van der Waals surface area (Å²) in [6.45, 7) is 4.03. The molecule has 1 aromatic heterocycles. The second-order valence-corrected chi connectivity index (χ2v) is 5.67. The summed E-state index contributed by atoms with van der Waals surface area (Å²) < 4.78 is 0. The molecule has 0 amide bonds. The van der Waals surface area contributed by atoms with Crippen molar-refractivity contribution in [2.24, 2.45) is 0 Å². The predicted molar refractivity (Wildman–Crippen MR) is 85.6 cm³/mol. The van der Waals surface area contributed by atoms with Gasteiger partial charge in [-0.05, 0) is 25.2 Å². The fourth-order valence-electron chi connectivity index (χ4n) is 2.60. The highest BCUT2D eigenvalue weighted by Crippen LogP contribution is 2.32. The van der Waals surface area contributed by atoms with E-state index in [2.05, 4.69) is 21.8 Å². The van der Waals surface area contributed by atoms with E-state index in [4.69, 9.17) is 22.6 Å². The Morgan fingerprint density at radius 2 is 2.00 bits per heavy atom. The fraction of sp³-hybridized carbons (Fsp3) is 0.333. The van der Waals surface area contributed by atoms with Gasteiger partial charge in [-0.15, -0.1) is 0 Å². The van der Waals surface area contributed by atoms with Crippen molar-refractivity contribution in [3.8, 4) is 6.07 Å². The zero-order valence-electron chi connectivity index (χ0n) is 11.8. The highest BCUT2D eigenvalue weighted by atomic mass is 35.5. The number of benzene rings is 1. The van der Waals surface area contributed by atoms with Gasteiger partial charge in [-0.25, -0.2) is 4.98 Å². The van der Waals surface area contributed by atoms with E-state index < -0.39 is 0 Å². The minimum absolute atomic E-state index is 0.183. The number of fused-ring (bicyclic) bond motifs is 1. The molecule has 1 saturated heterocycles. The maximum absolute atomic E-state index is 9.14. The van der Waals surface area contributed by atoms with E-state index in [1.165, 1.54) is 0 Å². The first-order valence-corrected chi connectivity index (χ1v) is 7.20. The highest BCUT2D eigenvalue weighted by Gasteiger charge is 2.17. The molecule has 2 heterocycles. The third-order valence-electron chi connectivity index (χ3n) is 3.91. The number of halogens is 1. The number of aromatic nitrogens is 1. The number of hydrogen-bond acceptors (Lipinski definition) is 5. The number of piperazine rings is 1. The lowest BCUT2D eigenvalue weighted by Gasteiger charge is -2.34. The molecule has 108 valence electrons. The monoisotopic (exact) mass is 301 g/mol. The van der Waals surface area contributed by atoms with E-state index in [0.29, 0.717) is 5.02 Å². The number of nitriles is 1. The molecule has 1 fully saturated rings. The van der Waals surface area contributed by atoms with Crippen LogP contribution in [0.15, 0.2) is 18.2 Å². The van der Waals surface area contributed by atoms with Crippen LogP contribution in [0, 0.1) is 11.3 Å². The molecule has 0 aliphatic carbocycles. The van der Waals surface area contributed by atoms with Gasteiger partial charge in [0.25, 0.3) is 0 Å². The molecule has 1 aliphatic rings. The molecule has 1 aliphatic heterocycles. The lowest BCUT2D eigenvalue weighted by atomic mass is 10.1. The largest absolute Gasteiger partial charge is 0.383 e. The Hall–Kier alpha value is -2.03. The molecule has 0 spiro atoms. The Morgan fingerprint density at radius 3 is 2.67 bits per heavy atom. The third-order valence-corrected chi connectivity index (χ3v) is 4.31. The molecule has 1 aromatic carbocycles. The Kier molecular flexibility index (Phi) is 3.58. The Morgan fingerprint density at radius 1 is 1.29 bits per heavy atom. The lowest BCUT2D eigenvalue weighted by Crippen LogP contribution is -2.44. The van der Waals surface area contributed by atoms with Crippen molar-refractivity contribution in [1.82, 2.24) is 9.88 Å². The first kappa shape index (κ1) is 13.9. The summed E-state index contributed by atoms with van der Waals surface area (Å²) >= 11 is 6.31. The van der Waals surface area contributed by atoms with E-state index in [0.717, 1.165) is 42.8 Å². The maximum Gasteiger partial charge on any atom is 0.143 e. The van der Waals surface area contributed by atoms with Crippen LogP contribution in [0.4, 0.5) is 11.5 Å². The summed E-state index contributed by atoms with van der Waals surface area (Å²) in [7, 11) is 2.13. The van der Waals surface area contributed by atoms with Crippen LogP contribution in [-0.2, 0) is 0 Å². The van der Waals surface area contributed by atoms with Gasteiger partial charge >= 0.3 is 0 Å². The minimum Gasteiger partial charge on any atom is -0.383 e. The van der Waals surface area contributed by atoms with Gasteiger partial charge in [0.05, 0.1) is 10.5 Å². The van der Waals surface area contributed by atoms with E-state index in [1.807, 2.05) is 24.3 Å². The Bertz CT molecular complexity index is 729. The molecule has 3 rings (SSSR count). The highest BCUT2D eigenvalue weighted by molar-refractivity contribution is 6.37. The number of rotatable bonds is 1. The van der Waals surface area contributed by atoms with Crippen LogP contribution in [0.2, 0.25) is 5.02 Å². The number of nitrogens with two attached hydrogens (primary N) is 1. The van der Waals surface area contributed by atoms with Crippen LogP contribution in [0.3, 0.4) is 0 Å². The molecule has 2 aromatic rings. The smallest absolute Gasteiger partial charge is 0.143 e. The van der Waals surface area contributed by atoms with Gasteiger partial charge in [0.1, 0.15) is 17.5 Å². The van der Waals surface area contributed by atoms with E-state index in [9.17, 15) is 0 Å². The topological polar surface area (TPSA) is 69.2 Å². The molecule has 0 unspecified atom stereocenters. The normalized spacial score (nSPS) is 16.1. The molecule has 2 N–H and O–H groups in total.